The Kier molecular flexibility index (Phi) is 6.82. The zero-order chi connectivity index (χ0) is 25.6. The smallest absolute Gasteiger partial charge is 0.410 e. The average molecular weight is 545 g/mol. The summed E-state index contributed by atoms with van der Waals surface area (Å²) in [6, 6.07) is 4.30. The number of amides is 1. The number of hydrogen-bond acceptors (Lipinski definition) is 6. The van der Waals surface area contributed by atoms with Crippen molar-refractivity contribution in [3.8, 4) is 0 Å². The van der Waals surface area contributed by atoms with E-state index < -0.39 is 37.6 Å². The van der Waals surface area contributed by atoms with Gasteiger partial charge >= 0.3 is 6.09 Å². The molecule has 0 aliphatic carbocycles. The van der Waals surface area contributed by atoms with Crippen LogP contribution in [0.3, 0.4) is 0 Å². The molecule has 0 aromatic carbocycles. The van der Waals surface area contributed by atoms with Crippen molar-refractivity contribution in [2.75, 3.05) is 11.9 Å². The van der Waals surface area contributed by atoms with Gasteiger partial charge in [-0.2, -0.15) is 0 Å². The maximum atomic E-state index is 15.3. The molecule has 13 heteroatoms. The standard InChI is InChI=1S/C22H27Cl2FN6O3S/c1-21(2)19(30-20(32)33)31-22(3,16-5-4-8-28-35(16,21)34)18-14(25)6-7-17(29-18)27-11-15-13(24)9-12(23)10-26-15/h6-7,9-10,16,35H,4-5,8,11H2,1-3H3,(H,27,29)(H,28,34)(H,30,31)(H,32,33)/t16-,22+/m1/s1. The molecule has 4 N–H and O–H groups in total. The molecule has 0 unspecified atom stereocenters. The Morgan fingerprint density at radius 1 is 1.34 bits per heavy atom. The molecule has 2 aliphatic heterocycles. The summed E-state index contributed by atoms with van der Waals surface area (Å²) in [4.78, 5) is 24.9. The van der Waals surface area contributed by atoms with E-state index in [1.165, 1.54) is 18.3 Å². The largest absolute Gasteiger partial charge is 0.465 e. The van der Waals surface area contributed by atoms with Gasteiger partial charge in [-0.25, -0.2) is 14.2 Å². The second kappa shape index (κ2) is 9.27. The van der Waals surface area contributed by atoms with Gasteiger partial charge in [0, 0.05) is 12.7 Å². The molecule has 2 aliphatic rings. The normalized spacial score (nSPS) is 25.7. The fraction of sp³-hybridized carbons (Fsp3) is 0.455. The molecule has 9 nitrogen and oxygen atoms in total. The maximum Gasteiger partial charge on any atom is 0.410 e. The van der Waals surface area contributed by atoms with Crippen molar-refractivity contribution in [1.29, 1.82) is 0 Å². The van der Waals surface area contributed by atoms with Gasteiger partial charge < -0.3 is 10.4 Å². The van der Waals surface area contributed by atoms with Gasteiger partial charge in [0.1, 0.15) is 28.7 Å². The number of amidine groups is 1. The number of nitrogens with one attached hydrogen (secondary N) is 3. The summed E-state index contributed by atoms with van der Waals surface area (Å²) in [5.41, 5.74) is -0.873. The Hall–Kier alpha value is -2.34. The molecule has 0 saturated carbocycles. The van der Waals surface area contributed by atoms with Gasteiger partial charge in [0.15, 0.2) is 0 Å². The van der Waals surface area contributed by atoms with Gasteiger partial charge in [-0.3, -0.25) is 24.2 Å². The van der Waals surface area contributed by atoms with Crippen molar-refractivity contribution in [2.24, 2.45) is 4.99 Å². The number of thiol groups is 1. The monoisotopic (exact) mass is 544 g/mol. The summed E-state index contributed by atoms with van der Waals surface area (Å²) in [5, 5.41) is 15.0. The van der Waals surface area contributed by atoms with Crippen molar-refractivity contribution in [3.63, 3.8) is 0 Å². The van der Waals surface area contributed by atoms with Crippen molar-refractivity contribution >= 4 is 51.1 Å². The third kappa shape index (κ3) is 4.50. The van der Waals surface area contributed by atoms with E-state index in [1.807, 2.05) is 0 Å². The van der Waals surface area contributed by atoms with Gasteiger partial charge in [-0.1, -0.05) is 23.2 Å². The van der Waals surface area contributed by atoms with Gasteiger partial charge in [0.05, 0.1) is 32.3 Å². The maximum absolute atomic E-state index is 15.3. The molecular formula is C22H27Cl2FN6O3S. The fourth-order valence-electron chi connectivity index (χ4n) is 4.79. The highest BCUT2D eigenvalue weighted by molar-refractivity contribution is 8.04. The lowest BCUT2D eigenvalue weighted by Crippen LogP contribution is -2.70. The van der Waals surface area contributed by atoms with Gasteiger partial charge in [0.2, 0.25) is 0 Å². The van der Waals surface area contributed by atoms with E-state index in [0.717, 1.165) is 6.42 Å². The molecule has 2 aromatic heterocycles. The number of halogens is 3. The first-order valence-corrected chi connectivity index (χ1v) is 13.6. The first-order valence-electron chi connectivity index (χ1n) is 11.0. The molecule has 2 aromatic rings. The number of hydrogen-bond donors (Lipinski definition) is 5. The third-order valence-electron chi connectivity index (χ3n) is 6.71. The molecule has 35 heavy (non-hydrogen) atoms. The van der Waals surface area contributed by atoms with Crippen LogP contribution in [-0.4, -0.2) is 47.8 Å². The number of carboxylic acid groups (broad SMARTS) is 1. The highest BCUT2D eigenvalue weighted by Crippen LogP contribution is 2.48. The van der Waals surface area contributed by atoms with Crippen LogP contribution in [0.15, 0.2) is 29.4 Å². The van der Waals surface area contributed by atoms with E-state index in [9.17, 15) is 14.1 Å². The SMILES string of the molecule is CC1(C)C(NC(=O)O)=N[C@](C)(c2nc(NCc3ncc(Cl)cc3Cl)ccc2F)[C@H]2CCCN[SH]21=O. The van der Waals surface area contributed by atoms with Crippen LogP contribution in [0.1, 0.15) is 45.0 Å². The fourth-order valence-corrected chi connectivity index (χ4v) is 8.98. The molecule has 190 valence electrons. The molecule has 0 spiro atoms. The predicted octanol–water partition coefficient (Wildman–Crippen LogP) is 3.89. The minimum Gasteiger partial charge on any atom is -0.465 e. The third-order valence-corrected chi connectivity index (χ3v) is 11.5. The van der Waals surface area contributed by atoms with Crippen LogP contribution in [0.4, 0.5) is 15.0 Å². The summed E-state index contributed by atoms with van der Waals surface area (Å²) in [7, 11) is -3.30. The van der Waals surface area contributed by atoms with Gasteiger partial charge in [-0.05, 0) is 61.9 Å². The molecular weight excluding hydrogens is 518 g/mol. The lowest BCUT2D eigenvalue weighted by Gasteiger charge is -2.56. The quantitative estimate of drug-likeness (QED) is 0.371. The van der Waals surface area contributed by atoms with Crippen LogP contribution in [0, 0.1) is 5.82 Å². The van der Waals surface area contributed by atoms with Crippen LogP contribution in [0.25, 0.3) is 0 Å². The Balaban J connectivity index is 1.77. The summed E-state index contributed by atoms with van der Waals surface area (Å²) in [5.74, 6) is -0.282. The number of anilines is 1. The second-order valence-electron chi connectivity index (χ2n) is 9.28. The molecule has 2 atom stereocenters. The number of rotatable bonds is 4. The lowest BCUT2D eigenvalue weighted by molar-refractivity contribution is 0.199. The molecule has 4 heterocycles. The molecule has 1 saturated heterocycles. The van der Waals surface area contributed by atoms with Crippen molar-refractivity contribution in [2.45, 2.75) is 55.7 Å². The molecule has 1 fully saturated rings. The minimum absolute atomic E-state index is 0.0122. The number of aliphatic imine (C=N–C) groups is 1. The summed E-state index contributed by atoms with van der Waals surface area (Å²) >= 11 is 12.1. The van der Waals surface area contributed by atoms with E-state index in [-0.39, 0.29) is 18.1 Å². The van der Waals surface area contributed by atoms with Crippen molar-refractivity contribution in [3.05, 3.63) is 51.6 Å². The number of pyridine rings is 2. The second-order valence-corrected chi connectivity index (χ2v) is 13.5. The number of carbonyl (C=O) groups is 1. The van der Waals surface area contributed by atoms with Gasteiger partial charge in [-0.15, -0.1) is 0 Å². The summed E-state index contributed by atoms with van der Waals surface area (Å²) in [6.07, 6.45) is 1.38. The minimum atomic E-state index is -3.30. The molecule has 0 radical (unpaired) electrons. The zero-order valence-electron chi connectivity index (χ0n) is 19.4. The van der Waals surface area contributed by atoms with Gasteiger partial charge in [0.25, 0.3) is 0 Å². The van der Waals surface area contributed by atoms with E-state index in [0.29, 0.717) is 34.5 Å². The Morgan fingerprint density at radius 3 is 2.77 bits per heavy atom. The molecule has 1 amide bonds. The topological polar surface area (TPSA) is 129 Å². The highest BCUT2D eigenvalue weighted by Gasteiger charge is 2.58. The van der Waals surface area contributed by atoms with Crippen LogP contribution >= 0.6 is 23.2 Å². The number of nitrogens with zero attached hydrogens (tertiary/aromatic N) is 3. The summed E-state index contributed by atoms with van der Waals surface area (Å²) in [6.45, 7) is 5.76. The first kappa shape index (κ1) is 25.7. The number of aromatic nitrogens is 2. The lowest BCUT2D eigenvalue weighted by atomic mass is 9.88. The predicted molar refractivity (Wildman–Crippen MR) is 136 cm³/mol. The van der Waals surface area contributed by atoms with Crippen molar-refractivity contribution in [1.82, 2.24) is 20.0 Å². The van der Waals surface area contributed by atoms with E-state index in [4.69, 9.17) is 23.2 Å². The van der Waals surface area contributed by atoms with Crippen LogP contribution in [-0.2, 0) is 22.2 Å². The zero-order valence-corrected chi connectivity index (χ0v) is 21.8. The van der Waals surface area contributed by atoms with Crippen LogP contribution in [0.2, 0.25) is 10.0 Å². The Bertz CT molecular complexity index is 1260. The van der Waals surface area contributed by atoms with Crippen LogP contribution in [0.5, 0.6) is 0 Å². The van der Waals surface area contributed by atoms with Crippen molar-refractivity contribution < 1.29 is 18.5 Å². The Labute approximate surface area is 213 Å². The van der Waals surface area contributed by atoms with E-state index in [2.05, 4.69) is 30.3 Å². The average Bonchev–Trinajstić information content (AvgIpc) is 2.78. The van der Waals surface area contributed by atoms with E-state index in [1.54, 1.807) is 26.8 Å². The molecule has 0 bridgehead atoms. The summed E-state index contributed by atoms with van der Waals surface area (Å²) < 4.78 is 31.7. The molecule has 4 rings (SSSR count). The van der Waals surface area contributed by atoms with E-state index >= 15 is 4.39 Å². The van der Waals surface area contributed by atoms with Crippen LogP contribution < -0.4 is 15.4 Å². The first-order chi connectivity index (χ1) is 16.4. The highest BCUT2D eigenvalue weighted by atomic mass is 35.5. The number of fused-ring (bicyclic) bond motifs is 1. The Morgan fingerprint density at radius 2 is 2.09 bits per heavy atom.